The van der Waals surface area contributed by atoms with Gasteiger partial charge in [-0.3, -0.25) is 19.9 Å². The molecule has 18 heavy (non-hydrogen) atoms. The molecule has 0 saturated heterocycles. The lowest BCUT2D eigenvalue weighted by Gasteiger charge is -2.03. The SMILES string of the molecule is O=Cc1ccnc(-c2cc(S)ccc2[N+](=O)[O-])c1. The lowest BCUT2D eigenvalue weighted by molar-refractivity contribution is -0.384. The van der Waals surface area contributed by atoms with Crippen LogP contribution in [0.2, 0.25) is 0 Å². The molecule has 0 spiro atoms. The predicted molar refractivity (Wildman–Crippen MR) is 69.0 cm³/mol. The maximum Gasteiger partial charge on any atom is 0.278 e. The molecule has 1 aromatic heterocycles. The van der Waals surface area contributed by atoms with E-state index in [9.17, 15) is 14.9 Å². The molecule has 0 unspecified atom stereocenters. The van der Waals surface area contributed by atoms with Crippen molar-refractivity contribution in [3.63, 3.8) is 0 Å². The first-order valence-corrected chi connectivity index (χ1v) is 5.45. The van der Waals surface area contributed by atoms with Crippen molar-refractivity contribution in [1.29, 1.82) is 0 Å². The van der Waals surface area contributed by atoms with Crippen molar-refractivity contribution in [2.75, 3.05) is 0 Å². The molecule has 0 aliphatic carbocycles. The fourth-order valence-corrected chi connectivity index (χ4v) is 1.76. The third-order valence-corrected chi connectivity index (χ3v) is 2.65. The minimum Gasteiger partial charge on any atom is -0.298 e. The fraction of sp³-hybridized carbons (Fsp3) is 0. The van der Waals surface area contributed by atoms with E-state index in [1.165, 1.54) is 30.5 Å². The van der Waals surface area contributed by atoms with Gasteiger partial charge in [-0.2, -0.15) is 0 Å². The van der Waals surface area contributed by atoms with Crippen LogP contribution in [0.25, 0.3) is 11.3 Å². The van der Waals surface area contributed by atoms with E-state index in [1.807, 2.05) is 0 Å². The monoisotopic (exact) mass is 260 g/mol. The van der Waals surface area contributed by atoms with Gasteiger partial charge < -0.3 is 0 Å². The lowest BCUT2D eigenvalue weighted by atomic mass is 10.1. The standard InChI is InChI=1S/C12H8N2O3S/c15-7-8-3-4-13-11(5-8)10-6-9(18)1-2-12(10)14(16)17/h1-7,18H. The molecule has 0 aliphatic heterocycles. The third kappa shape index (κ3) is 2.38. The second kappa shape index (κ2) is 4.97. The Labute approximate surface area is 108 Å². The molecule has 0 bridgehead atoms. The zero-order chi connectivity index (χ0) is 13.1. The molecule has 0 saturated carbocycles. The van der Waals surface area contributed by atoms with Gasteiger partial charge in [0.15, 0.2) is 0 Å². The summed E-state index contributed by atoms with van der Waals surface area (Å²) in [5.41, 5.74) is 1.07. The van der Waals surface area contributed by atoms with E-state index in [0.717, 1.165) is 0 Å². The Morgan fingerprint density at radius 1 is 1.28 bits per heavy atom. The molecule has 0 amide bonds. The summed E-state index contributed by atoms with van der Waals surface area (Å²) in [6, 6.07) is 7.49. The van der Waals surface area contributed by atoms with Crippen molar-refractivity contribution < 1.29 is 9.72 Å². The van der Waals surface area contributed by atoms with Gasteiger partial charge in [-0.15, -0.1) is 12.6 Å². The Morgan fingerprint density at radius 3 is 2.72 bits per heavy atom. The van der Waals surface area contributed by atoms with Crippen molar-refractivity contribution >= 4 is 24.6 Å². The van der Waals surface area contributed by atoms with E-state index in [1.54, 1.807) is 6.07 Å². The van der Waals surface area contributed by atoms with E-state index in [-0.39, 0.29) is 5.69 Å². The number of thiol groups is 1. The quantitative estimate of drug-likeness (QED) is 0.398. The van der Waals surface area contributed by atoms with Gasteiger partial charge in [0.25, 0.3) is 5.69 Å². The Kier molecular flexibility index (Phi) is 3.38. The molecule has 1 heterocycles. The van der Waals surface area contributed by atoms with Crippen LogP contribution in [-0.4, -0.2) is 16.2 Å². The zero-order valence-electron chi connectivity index (χ0n) is 9.11. The summed E-state index contributed by atoms with van der Waals surface area (Å²) in [6.45, 7) is 0. The average molecular weight is 260 g/mol. The minimum absolute atomic E-state index is 0.0663. The van der Waals surface area contributed by atoms with Crippen LogP contribution in [0.1, 0.15) is 10.4 Å². The van der Waals surface area contributed by atoms with Gasteiger partial charge in [0.1, 0.15) is 6.29 Å². The van der Waals surface area contributed by atoms with Crippen LogP contribution in [-0.2, 0) is 0 Å². The van der Waals surface area contributed by atoms with Crippen molar-refractivity contribution in [1.82, 2.24) is 4.98 Å². The number of benzene rings is 1. The number of rotatable bonds is 3. The highest BCUT2D eigenvalue weighted by atomic mass is 32.1. The van der Waals surface area contributed by atoms with Gasteiger partial charge in [0, 0.05) is 22.7 Å². The number of nitro benzene ring substituents is 1. The number of hydrogen-bond donors (Lipinski definition) is 1. The number of hydrogen-bond acceptors (Lipinski definition) is 5. The molecule has 0 aliphatic rings. The zero-order valence-corrected chi connectivity index (χ0v) is 10.0. The maximum absolute atomic E-state index is 10.9. The Balaban J connectivity index is 2.64. The number of nitrogens with zero attached hydrogens (tertiary/aromatic N) is 2. The Bertz CT molecular complexity index is 628. The molecule has 2 rings (SSSR count). The summed E-state index contributed by atoms with van der Waals surface area (Å²) in [5.74, 6) is 0. The normalized spacial score (nSPS) is 10.1. The van der Waals surface area contributed by atoms with Crippen LogP contribution in [0.5, 0.6) is 0 Å². The molecular formula is C12H8N2O3S. The van der Waals surface area contributed by atoms with E-state index in [4.69, 9.17) is 0 Å². The topological polar surface area (TPSA) is 73.1 Å². The van der Waals surface area contributed by atoms with Crippen molar-refractivity contribution in [2.45, 2.75) is 4.90 Å². The minimum atomic E-state index is -0.488. The van der Waals surface area contributed by atoms with E-state index >= 15 is 0 Å². The van der Waals surface area contributed by atoms with Crippen LogP contribution in [0.4, 0.5) is 5.69 Å². The summed E-state index contributed by atoms with van der Waals surface area (Å²) < 4.78 is 0. The molecule has 5 nitrogen and oxygen atoms in total. The van der Waals surface area contributed by atoms with Crippen molar-refractivity contribution in [2.24, 2.45) is 0 Å². The fourth-order valence-electron chi connectivity index (χ4n) is 1.56. The molecule has 1 aromatic carbocycles. The van der Waals surface area contributed by atoms with Crippen molar-refractivity contribution in [3.05, 3.63) is 52.2 Å². The van der Waals surface area contributed by atoms with Gasteiger partial charge in [0.2, 0.25) is 0 Å². The summed E-state index contributed by atoms with van der Waals surface area (Å²) in [5, 5.41) is 10.9. The highest BCUT2D eigenvalue weighted by Crippen LogP contribution is 2.30. The average Bonchev–Trinajstić information content (AvgIpc) is 2.38. The summed E-state index contributed by atoms with van der Waals surface area (Å²) in [7, 11) is 0. The summed E-state index contributed by atoms with van der Waals surface area (Å²) >= 11 is 4.15. The van der Waals surface area contributed by atoms with Crippen LogP contribution in [0.15, 0.2) is 41.4 Å². The number of pyridine rings is 1. The maximum atomic E-state index is 10.9. The number of nitro groups is 1. The van der Waals surface area contributed by atoms with Crippen LogP contribution >= 0.6 is 12.6 Å². The molecule has 0 fully saturated rings. The summed E-state index contributed by atoms with van der Waals surface area (Å²) in [4.78, 5) is 25.8. The molecule has 0 N–H and O–H groups in total. The number of aldehydes is 1. The third-order valence-electron chi connectivity index (χ3n) is 2.37. The first-order chi connectivity index (χ1) is 8.61. The smallest absolute Gasteiger partial charge is 0.278 e. The first kappa shape index (κ1) is 12.3. The largest absolute Gasteiger partial charge is 0.298 e. The predicted octanol–water partition coefficient (Wildman–Crippen LogP) is 2.76. The van der Waals surface area contributed by atoms with Gasteiger partial charge >= 0.3 is 0 Å². The van der Waals surface area contributed by atoms with Crippen LogP contribution < -0.4 is 0 Å². The Morgan fingerprint density at radius 2 is 2.06 bits per heavy atom. The van der Waals surface area contributed by atoms with Crippen LogP contribution in [0.3, 0.4) is 0 Å². The second-order valence-electron chi connectivity index (χ2n) is 3.55. The number of carbonyl (C=O) groups excluding carboxylic acids is 1. The summed E-state index contributed by atoms with van der Waals surface area (Å²) in [6.07, 6.45) is 2.11. The molecule has 90 valence electrons. The molecular weight excluding hydrogens is 252 g/mol. The molecule has 0 atom stereocenters. The highest BCUT2D eigenvalue weighted by molar-refractivity contribution is 7.80. The second-order valence-corrected chi connectivity index (χ2v) is 4.07. The molecule has 2 aromatic rings. The van der Waals surface area contributed by atoms with Gasteiger partial charge in [-0.1, -0.05) is 0 Å². The Hall–Kier alpha value is -2.21. The molecule has 0 radical (unpaired) electrons. The molecule has 6 heteroatoms. The first-order valence-electron chi connectivity index (χ1n) is 5.01. The van der Waals surface area contributed by atoms with Gasteiger partial charge in [-0.25, -0.2) is 0 Å². The van der Waals surface area contributed by atoms with Gasteiger partial charge in [0.05, 0.1) is 16.2 Å². The van der Waals surface area contributed by atoms with E-state index in [2.05, 4.69) is 17.6 Å². The van der Waals surface area contributed by atoms with Crippen LogP contribution in [0, 0.1) is 10.1 Å². The number of carbonyl (C=O) groups is 1. The van der Waals surface area contributed by atoms with Gasteiger partial charge in [-0.05, 0) is 24.3 Å². The number of aromatic nitrogens is 1. The van der Waals surface area contributed by atoms with E-state index < -0.39 is 4.92 Å². The lowest BCUT2D eigenvalue weighted by Crippen LogP contribution is -1.94. The van der Waals surface area contributed by atoms with Crippen molar-refractivity contribution in [3.8, 4) is 11.3 Å². The highest BCUT2D eigenvalue weighted by Gasteiger charge is 2.16. The van der Waals surface area contributed by atoms with E-state index in [0.29, 0.717) is 28.0 Å².